The molecule has 0 radical (unpaired) electrons. The van der Waals surface area contributed by atoms with Crippen LogP contribution in [0, 0.1) is 11.8 Å². The van der Waals surface area contributed by atoms with Crippen molar-refractivity contribution in [2.75, 3.05) is 0 Å². The highest BCUT2D eigenvalue weighted by atomic mass is 19.4. The standard InChI is InChI=1S/C27H26F3N4O2/c1-16(2)12-21-17-13-22(23(14-17)36-24-9-8-18(15-33-24)27(28,29)30)34(21)26(35)20-7-4-3-6-19(20)25-31-10-5-11-32-25/h3-11,16-17,21-23H,12-14H2,1-2H3/q+1. The molecule has 2 aliphatic heterocycles. The van der Waals surface area contributed by atoms with Gasteiger partial charge in [-0.25, -0.2) is 9.97 Å². The summed E-state index contributed by atoms with van der Waals surface area (Å²) >= 11 is 0. The van der Waals surface area contributed by atoms with Gasteiger partial charge in [-0.3, -0.25) is 4.79 Å². The van der Waals surface area contributed by atoms with E-state index in [4.69, 9.17) is 4.74 Å². The number of allylic oxidation sites excluding steroid dienone is 2. The van der Waals surface area contributed by atoms with Gasteiger partial charge in [0.1, 0.15) is 6.10 Å². The minimum atomic E-state index is -4.51. The van der Waals surface area contributed by atoms with Crippen LogP contribution in [0.5, 0.6) is 0 Å². The largest absolute Gasteiger partial charge is 0.501 e. The van der Waals surface area contributed by atoms with Crippen LogP contribution in [0.2, 0.25) is 0 Å². The smallest absolute Gasteiger partial charge is 0.426 e. The molecule has 186 valence electrons. The Labute approximate surface area is 207 Å². The number of alkyl halides is 3. The van der Waals surface area contributed by atoms with E-state index in [1.54, 1.807) is 24.5 Å². The molecule has 6 nitrogen and oxygen atoms in total. The lowest BCUT2D eigenvalue weighted by molar-refractivity contribution is -0.0867. The predicted molar refractivity (Wildman–Crippen MR) is 129 cm³/mol. The summed E-state index contributed by atoms with van der Waals surface area (Å²) in [5.41, 5.74) is 0.228. The van der Waals surface area contributed by atoms with Gasteiger partial charge in [-0.1, -0.05) is 32.0 Å². The zero-order valence-corrected chi connectivity index (χ0v) is 19.9. The monoisotopic (exact) mass is 495 g/mol. The highest BCUT2D eigenvalue weighted by Crippen LogP contribution is 2.47. The van der Waals surface area contributed by atoms with Crippen LogP contribution in [-0.2, 0) is 4.74 Å². The van der Waals surface area contributed by atoms with Crippen molar-refractivity contribution in [1.82, 2.24) is 19.5 Å². The Morgan fingerprint density at radius 1 is 1.17 bits per heavy atom. The normalized spacial score (nSPS) is 24.8. The number of rotatable bonds is 5. The number of benzene rings is 1. The second kappa shape index (κ2) is 9.41. The van der Waals surface area contributed by atoms with Crippen LogP contribution >= 0.6 is 0 Å². The minimum absolute atomic E-state index is 0.0548. The van der Waals surface area contributed by atoms with E-state index in [1.807, 2.05) is 29.0 Å². The molecule has 4 atom stereocenters. The number of nitrogens with zero attached hydrogens (tertiary/aromatic N) is 4. The van der Waals surface area contributed by atoms with E-state index in [-0.39, 0.29) is 35.9 Å². The first-order chi connectivity index (χ1) is 17.2. The summed E-state index contributed by atoms with van der Waals surface area (Å²) in [6.45, 7) is 4.27. The highest BCUT2D eigenvalue weighted by Gasteiger charge is 2.55. The molecule has 1 amide bonds. The number of hydrogen-bond acceptors (Lipinski definition) is 4. The molecule has 1 aromatic heterocycles. The number of hydrogen-bond donors (Lipinski definition) is 0. The number of carbonyl (C=O) groups excluding carboxylic acids is 1. The topological polar surface area (TPSA) is 69.4 Å². The second-order valence-corrected chi connectivity index (χ2v) is 9.79. The van der Waals surface area contributed by atoms with Gasteiger partial charge >= 0.3 is 17.9 Å². The molecular weight excluding hydrogens is 469 g/mol. The van der Waals surface area contributed by atoms with Crippen LogP contribution in [0.15, 0.2) is 60.5 Å². The summed E-state index contributed by atoms with van der Waals surface area (Å²) in [5, 5.41) is 0. The third kappa shape index (κ3) is 4.60. The van der Waals surface area contributed by atoms with Gasteiger partial charge in [-0.2, -0.15) is 13.2 Å². The lowest BCUT2D eigenvalue weighted by Gasteiger charge is -2.39. The van der Waals surface area contributed by atoms with Crippen molar-refractivity contribution in [2.45, 2.75) is 57.5 Å². The third-order valence-electron chi connectivity index (χ3n) is 6.94. The van der Waals surface area contributed by atoms with E-state index >= 15 is 0 Å². The van der Waals surface area contributed by atoms with E-state index < -0.39 is 11.7 Å². The summed E-state index contributed by atoms with van der Waals surface area (Å²) in [4.78, 5) is 24.6. The average molecular weight is 496 g/mol. The molecular formula is C27H26F3N4O2+. The van der Waals surface area contributed by atoms with Gasteiger partial charge in [0.15, 0.2) is 11.4 Å². The van der Waals surface area contributed by atoms with E-state index in [0.29, 0.717) is 22.9 Å². The molecule has 2 bridgehead atoms. The molecule has 1 aliphatic carbocycles. The molecule has 3 heterocycles. The molecule has 1 aromatic carbocycles. The highest BCUT2D eigenvalue weighted by molar-refractivity contribution is 6.01. The van der Waals surface area contributed by atoms with Gasteiger partial charge in [0.05, 0.1) is 17.7 Å². The van der Waals surface area contributed by atoms with Crippen molar-refractivity contribution in [3.63, 3.8) is 0 Å². The molecule has 3 aliphatic rings. The van der Waals surface area contributed by atoms with Crippen molar-refractivity contribution in [1.29, 1.82) is 0 Å². The van der Waals surface area contributed by atoms with Crippen molar-refractivity contribution in [3.05, 3.63) is 66.0 Å². The second-order valence-electron chi connectivity index (χ2n) is 9.79. The van der Waals surface area contributed by atoms with E-state index in [1.165, 1.54) is 6.08 Å². The Morgan fingerprint density at radius 3 is 2.58 bits per heavy atom. The maximum Gasteiger partial charge on any atom is 0.501 e. The van der Waals surface area contributed by atoms with E-state index in [9.17, 15) is 18.0 Å². The molecule has 0 N–H and O–H groups in total. The third-order valence-corrected chi connectivity index (χ3v) is 6.94. The number of likely N-dealkylation sites (tertiary alicyclic amines) is 1. The summed E-state index contributed by atoms with van der Waals surface area (Å²) in [6.07, 6.45) is 2.89. The summed E-state index contributed by atoms with van der Waals surface area (Å²) in [5.74, 6) is 3.09. The van der Waals surface area contributed by atoms with Crippen molar-refractivity contribution < 1.29 is 22.7 Å². The first-order valence-electron chi connectivity index (χ1n) is 12.0. The lowest BCUT2D eigenvalue weighted by Crippen LogP contribution is -2.52. The zero-order chi connectivity index (χ0) is 25.4. The van der Waals surface area contributed by atoms with Gasteiger partial charge < -0.3 is 9.64 Å². The molecule has 2 aromatic rings. The summed E-state index contributed by atoms with van der Waals surface area (Å²) in [7, 11) is 0. The molecule has 1 saturated carbocycles. The van der Waals surface area contributed by atoms with Crippen LogP contribution in [0.4, 0.5) is 13.2 Å². The van der Waals surface area contributed by atoms with Crippen molar-refractivity contribution >= 4 is 17.7 Å². The van der Waals surface area contributed by atoms with Gasteiger partial charge in [-0.05, 0) is 49.3 Å². The van der Waals surface area contributed by atoms with Crippen LogP contribution in [0.25, 0.3) is 11.4 Å². The van der Waals surface area contributed by atoms with Crippen LogP contribution in [0.3, 0.4) is 0 Å². The Bertz CT molecular complexity index is 1290. The molecule has 36 heavy (non-hydrogen) atoms. The molecule has 0 spiro atoms. The van der Waals surface area contributed by atoms with Crippen LogP contribution < -0.4 is 4.67 Å². The molecule has 4 unspecified atom stereocenters. The number of ether oxygens (including phenoxy) is 1. The number of amides is 1. The first-order valence-corrected chi connectivity index (χ1v) is 12.0. The van der Waals surface area contributed by atoms with E-state index in [0.717, 1.165) is 25.3 Å². The number of halogens is 3. The number of piperidine rings is 1. The van der Waals surface area contributed by atoms with Crippen LogP contribution in [-0.4, -0.2) is 56.9 Å². The SMILES string of the molecule is CC(C)CC1C2CC(OC3=[N+]=C=C(C(F)(F)F)C=C3)C(C2)N1C(=O)c1ccccc1-c1ncccn1. The summed E-state index contributed by atoms with van der Waals surface area (Å²) in [6, 6.07) is 8.86. The number of fused-ring (bicyclic) bond motifs is 2. The average Bonchev–Trinajstić information content (AvgIpc) is 3.42. The fourth-order valence-electron chi connectivity index (χ4n) is 5.48. The predicted octanol–water partition coefficient (Wildman–Crippen LogP) is 4.37. The Hall–Kier alpha value is -3.67. The van der Waals surface area contributed by atoms with E-state index in [2.05, 4.69) is 28.5 Å². The van der Waals surface area contributed by atoms with Crippen molar-refractivity contribution in [3.8, 4) is 11.4 Å². The Kier molecular flexibility index (Phi) is 6.29. The minimum Gasteiger partial charge on any atom is -0.426 e. The Balaban J connectivity index is 1.46. The van der Waals surface area contributed by atoms with Gasteiger partial charge in [0.25, 0.3) is 5.91 Å². The maximum absolute atomic E-state index is 14.0. The fraction of sp³-hybridized carbons (Fsp3) is 0.407. The first kappa shape index (κ1) is 24.0. The van der Waals surface area contributed by atoms with Gasteiger partial charge in [0, 0.05) is 28.7 Å². The van der Waals surface area contributed by atoms with Crippen molar-refractivity contribution in [2.24, 2.45) is 11.8 Å². The summed E-state index contributed by atoms with van der Waals surface area (Å²) < 4.78 is 48.4. The maximum atomic E-state index is 14.0. The fourth-order valence-corrected chi connectivity index (χ4v) is 5.48. The van der Waals surface area contributed by atoms with Crippen LogP contribution in [0.1, 0.15) is 43.5 Å². The molecule has 5 rings (SSSR count). The number of aromatic nitrogens is 2. The quantitative estimate of drug-likeness (QED) is 0.578. The molecule has 9 heteroatoms. The van der Waals surface area contributed by atoms with Gasteiger partial charge in [0.2, 0.25) is 0 Å². The number of carbonyl (C=O) groups is 1. The Morgan fingerprint density at radius 2 is 1.92 bits per heavy atom. The zero-order valence-electron chi connectivity index (χ0n) is 19.9. The lowest BCUT2D eigenvalue weighted by atomic mass is 9.89. The molecule has 2 fully saturated rings. The molecule has 1 saturated heterocycles. The van der Waals surface area contributed by atoms with Gasteiger partial charge in [-0.15, -0.1) is 0 Å².